The van der Waals surface area contributed by atoms with Crippen LogP contribution in [0.4, 0.5) is 0 Å². The van der Waals surface area contributed by atoms with Gasteiger partial charge in [0.15, 0.2) is 0 Å². The summed E-state index contributed by atoms with van der Waals surface area (Å²) in [6, 6.07) is 6.43. The van der Waals surface area contributed by atoms with Gasteiger partial charge in [0, 0.05) is 24.9 Å². The third-order valence-electron chi connectivity index (χ3n) is 4.61. The van der Waals surface area contributed by atoms with Crippen molar-refractivity contribution in [3.8, 4) is 5.75 Å². The second-order valence-corrected chi connectivity index (χ2v) is 6.33. The summed E-state index contributed by atoms with van der Waals surface area (Å²) in [6.07, 6.45) is 5.61. The van der Waals surface area contributed by atoms with Gasteiger partial charge >= 0.3 is 0 Å². The van der Waals surface area contributed by atoms with Crippen LogP contribution in [0.25, 0.3) is 0 Å². The van der Waals surface area contributed by atoms with Crippen LogP contribution in [0.15, 0.2) is 24.3 Å². The molecule has 1 aromatic rings. The van der Waals surface area contributed by atoms with Crippen molar-refractivity contribution in [1.82, 2.24) is 5.32 Å². The van der Waals surface area contributed by atoms with E-state index in [0.29, 0.717) is 18.7 Å². The van der Waals surface area contributed by atoms with E-state index in [0.717, 1.165) is 18.4 Å². The molecule has 0 amide bonds. The lowest BCUT2D eigenvalue weighted by Gasteiger charge is -2.23. The minimum absolute atomic E-state index is 0.135. The fourth-order valence-corrected chi connectivity index (χ4v) is 3.12. The topological polar surface area (TPSA) is 69.6 Å². The van der Waals surface area contributed by atoms with Crippen molar-refractivity contribution in [2.75, 3.05) is 6.54 Å². The van der Waals surface area contributed by atoms with Crippen LogP contribution in [0.1, 0.15) is 57.1 Å². The standard InChI is InChI=1S/C18H27NO3/c1-13(18(22)15-7-9-16(20)10-8-15)19-12-11-17(21)14-5-3-2-4-6-14/h7-10,13-14,18-20,22H,2-6,11-12H2,1H3. The lowest BCUT2D eigenvalue weighted by molar-refractivity contribution is -0.123. The van der Waals surface area contributed by atoms with Crippen molar-refractivity contribution < 1.29 is 15.0 Å². The van der Waals surface area contributed by atoms with Crippen molar-refractivity contribution in [2.24, 2.45) is 5.92 Å². The normalized spacial score (nSPS) is 18.8. The van der Waals surface area contributed by atoms with E-state index in [-0.39, 0.29) is 17.7 Å². The molecule has 122 valence electrons. The van der Waals surface area contributed by atoms with Crippen LogP contribution in [0, 0.1) is 5.92 Å². The van der Waals surface area contributed by atoms with Gasteiger partial charge in [-0.1, -0.05) is 31.4 Å². The smallest absolute Gasteiger partial charge is 0.137 e. The maximum absolute atomic E-state index is 12.1. The zero-order chi connectivity index (χ0) is 15.9. The molecule has 1 aromatic carbocycles. The molecule has 2 unspecified atom stereocenters. The van der Waals surface area contributed by atoms with Crippen molar-refractivity contribution >= 4 is 5.78 Å². The van der Waals surface area contributed by atoms with E-state index in [2.05, 4.69) is 5.32 Å². The highest BCUT2D eigenvalue weighted by molar-refractivity contribution is 5.81. The predicted molar refractivity (Wildman–Crippen MR) is 86.7 cm³/mol. The van der Waals surface area contributed by atoms with Crippen LogP contribution in [-0.4, -0.2) is 28.6 Å². The molecular formula is C18H27NO3. The van der Waals surface area contributed by atoms with Crippen molar-refractivity contribution in [3.05, 3.63) is 29.8 Å². The largest absolute Gasteiger partial charge is 0.508 e. The van der Waals surface area contributed by atoms with Crippen LogP contribution in [-0.2, 0) is 4.79 Å². The molecule has 1 saturated carbocycles. The summed E-state index contributed by atoms with van der Waals surface area (Å²) in [5, 5.41) is 22.8. The molecule has 0 aliphatic heterocycles. The third kappa shape index (κ3) is 4.82. The summed E-state index contributed by atoms with van der Waals surface area (Å²) in [4.78, 5) is 12.1. The van der Waals surface area contributed by atoms with E-state index in [4.69, 9.17) is 0 Å². The number of benzene rings is 1. The maximum Gasteiger partial charge on any atom is 0.137 e. The van der Waals surface area contributed by atoms with Gasteiger partial charge in [0.1, 0.15) is 11.5 Å². The highest BCUT2D eigenvalue weighted by atomic mass is 16.3. The number of phenols is 1. The van der Waals surface area contributed by atoms with E-state index >= 15 is 0 Å². The zero-order valence-electron chi connectivity index (χ0n) is 13.3. The minimum atomic E-state index is -0.648. The lowest BCUT2D eigenvalue weighted by atomic mass is 9.85. The number of carbonyl (C=O) groups is 1. The Hall–Kier alpha value is -1.39. The molecule has 4 heteroatoms. The Bertz CT molecular complexity index is 466. The Balaban J connectivity index is 1.73. The van der Waals surface area contributed by atoms with E-state index in [1.807, 2.05) is 6.92 Å². The Morgan fingerprint density at radius 1 is 1.23 bits per heavy atom. The van der Waals surface area contributed by atoms with Crippen molar-refractivity contribution in [1.29, 1.82) is 0 Å². The molecule has 1 aliphatic carbocycles. The first-order valence-corrected chi connectivity index (χ1v) is 8.31. The number of nitrogens with one attached hydrogen (secondary N) is 1. The first kappa shape index (κ1) is 17.0. The Labute approximate surface area is 132 Å². The SMILES string of the molecule is CC(NCCC(=O)C1CCCCC1)C(O)c1ccc(O)cc1. The zero-order valence-corrected chi connectivity index (χ0v) is 13.3. The van der Waals surface area contributed by atoms with E-state index < -0.39 is 6.10 Å². The van der Waals surface area contributed by atoms with Gasteiger partial charge in [0.25, 0.3) is 0 Å². The fourth-order valence-electron chi connectivity index (χ4n) is 3.12. The minimum Gasteiger partial charge on any atom is -0.508 e. The lowest BCUT2D eigenvalue weighted by Crippen LogP contribution is -2.34. The van der Waals surface area contributed by atoms with Gasteiger partial charge in [0.05, 0.1) is 6.10 Å². The highest BCUT2D eigenvalue weighted by Crippen LogP contribution is 2.25. The summed E-state index contributed by atoms with van der Waals surface area (Å²) < 4.78 is 0. The van der Waals surface area contributed by atoms with Crippen LogP contribution in [0.5, 0.6) is 5.75 Å². The number of aliphatic hydroxyl groups is 1. The van der Waals surface area contributed by atoms with Crippen LogP contribution < -0.4 is 5.32 Å². The molecule has 2 rings (SSSR count). The first-order valence-electron chi connectivity index (χ1n) is 8.31. The highest BCUT2D eigenvalue weighted by Gasteiger charge is 2.21. The predicted octanol–water partition coefficient (Wildman–Crippen LogP) is 2.94. The molecule has 0 bridgehead atoms. The molecule has 2 atom stereocenters. The Morgan fingerprint density at radius 2 is 1.86 bits per heavy atom. The molecule has 1 aliphatic rings. The van der Waals surface area contributed by atoms with Crippen LogP contribution in [0.3, 0.4) is 0 Å². The number of ketones is 1. The summed E-state index contributed by atoms with van der Waals surface area (Å²) >= 11 is 0. The molecule has 0 heterocycles. The average Bonchev–Trinajstić information content (AvgIpc) is 2.55. The summed E-state index contributed by atoms with van der Waals surface area (Å²) in [7, 11) is 0. The second kappa shape index (κ2) is 8.30. The molecule has 0 aromatic heterocycles. The monoisotopic (exact) mass is 305 g/mol. The van der Waals surface area contributed by atoms with E-state index in [1.54, 1.807) is 24.3 Å². The van der Waals surface area contributed by atoms with Crippen molar-refractivity contribution in [3.63, 3.8) is 0 Å². The third-order valence-corrected chi connectivity index (χ3v) is 4.61. The van der Waals surface area contributed by atoms with Crippen LogP contribution in [0.2, 0.25) is 0 Å². The summed E-state index contributed by atoms with van der Waals surface area (Å²) in [6.45, 7) is 2.51. The number of phenolic OH excluding ortho intramolecular Hbond substituents is 1. The van der Waals surface area contributed by atoms with Crippen LogP contribution >= 0.6 is 0 Å². The van der Waals surface area contributed by atoms with Gasteiger partial charge < -0.3 is 15.5 Å². The Kier molecular flexibility index (Phi) is 6.40. The molecule has 0 radical (unpaired) electrons. The molecular weight excluding hydrogens is 278 g/mol. The summed E-state index contributed by atoms with van der Waals surface area (Å²) in [5.41, 5.74) is 0.761. The van der Waals surface area contributed by atoms with Gasteiger partial charge in [0.2, 0.25) is 0 Å². The molecule has 1 fully saturated rings. The van der Waals surface area contributed by atoms with Gasteiger partial charge in [-0.25, -0.2) is 0 Å². The van der Waals surface area contributed by atoms with Gasteiger partial charge in [-0.3, -0.25) is 4.79 Å². The van der Waals surface area contributed by atoms with Gasteiger partial charge in [-0.15, -0.1) is 0 Å². The van der Waals surface area contributed by atoms with Gasteiger partial charge in [-0.05, 0) is 37.5 Å². The molecule has 0 saturated heterocycles. The number of rotatable bonds is 7. The number of hydrogen-bond donors (Lipinski definition) is 3. The molecule has 22 heavy (non-hydrogen) atoms. The summed E-state index contributed by atoms with van der Waals surface area (Å²) in [5.74, 6) is 0.807. The molecule has 3 N–H and O–H groups in total. The number of hydrogen-bond acceptors (Lipinski definition) is 4. The van der Waals surface area contributed by atoms with E-state index in [9.17, 15) is 15.0 Å². The number of aliphatic hydroxyl groups excluding tert-OH is 1. The van der Waals surface area contributed by atoms with Crippen molar-refractivity contribution in [2.45, 2.75) is 57.6 Å². The quantitative estimate of drug-likeness (QED) is 0.724. The number of aromatic hydroxyl groups is 1. The molecule has 0 spiro atoms. The maximum atomic E-state index is 12.1. The number of Topliss-reactive ketones (excluding diaryl/α,β-unsaturated/α-hetero) is 1. The van der Waals surface area contributed by atoms with E-state index in [1.165, 1.54) is 19.3 Å². The first-order chi connectivity index (χ1) is 10.6. The average molecular weight is 305 g/mol. The number of carbonyl (C=O) groups excluding carboxylic acids is 1. The molecule has 4 nitrogen and oxygen atoms in total. The fraction of sp³-hybridized carbons (Fsp3) is 0.611. The van der Waals surface area contributed by atoms with Gasteiger partial charge in [-0.2, -0.15) is 0 Å². The Morgan fingerprint density at radius 3 is 2.50 bits per heavy atom. The second-order valence-electron chi connectivity index (χ2n) is 6.33.